The van der Waals surface area contributed by atoms with Crippen LogP contribution >= 0.6 is 11.8 Å². The van der Waals surface area contributed by atoms with Crippen molar-refractivity contribution in [3.8, 4) is 0 Å². The lowest BCUT2D eigenvalue weighted by molar-refractivity contribution is 1.06. The van der Waals surface area contributed by atoms with Crippen LogP contribution in [0.25, 0.3) is 0 Å². The number of aliphatic imine (C=N–C) groups is 1. The SMILES string of the molecule is C1=NCc2ccccc2CS1. The summed E-state index contributed by atoms with van der Waals surface area (Å²) >= 11 is 1.77. The lowest BCUT2D eigenvalue weighted by Crippen LogP contribution is -1.86. The highest BCUT2D eigenvalue weighted by atomic mass is 32.2. The van der Waals surface area contributed by atoms with E-state index in [9.17, 15) is 0 Å². The lowest BCUT2D eigenvalue weighted by atomic mass is 10.1. The Morgan fingerprint density at radius 2 is 2.00 bits per heavy atom. The first kappa shape index (κ1) is 6.92. The van der Waals surface area contributed by atoms with Crippen molar-refractivity contribution in [3.05, 3.63) is 35.4 Å². The molecule has 1 heterocycles. The average Bonchev–Trinajstić information content (AvgIpc) is 2.28. The molecule has 0 unspecified atom stereocenters. The molecule has 56 valence electrons. The fraction of sp³-hybridized carbons (Fsp3) is 0.222. The van der Waals surface area contributed by atoms with Crippen LogP contribution < -0.4 is 0 Å². The van der Waals surface area contributed by atoms with Crippen molar-refractivity contribution >= 4 is 17.3 Å². The topological polar surface area (TPSA) is 12.4 Å². The summed E-state index contributed by atoms with van der Waals surface area (Å²) in [6, 6.07) is 8.49. The Morgan fingerprint density at radius 1 is 1.18 bits per heavy atom. The molecule has 0 spiro atoms. The van der Waals surface area contributed by atoms with Gasteiger partial charge in [0.05, 0.1) is 12.1 Å². The first-order valence-electron chi connectivity index (χ1n) is 3.63. The van der Waals surface area contributed by atoms with Gasteiger partial charge in [-0.05, 0) is 11.1 Å². The van der Waals surface area contributed by atoms with Crippen LogP contribution in [0, 0.1) is 0 Å². The van der Waals surface area contributed by atoms with Gasteiger partial charge in [-0.15, -0.1) is 11.8 Å². The summed E-state index contributed by atoms with van der Waals surface area (Å²) in [5.41, 5.74) is 4.74. The van der Waals surface area contributed by atoms with E-state index >= 15 is 0 Å². The highest BCUT2D eigenvalue weighted by molar-refractivity contribution is 8.11. The minimum atomic E-state index is 0.850. The van der Waals surface area contributed by atoms with Gasteiger partial charge in [0.25, 0.3) is 0 Å². The lowest BCUT2D eigenvalue weighted by Gasteiger charge is -2.01. The maximum Gasteiger partial charge on any atom is 0.0648 e. The maximum absolute atomic E-state index is 4.25. The van der Waals surface area contributed by atoms with Crippen molar-refractivity contribution in [1.29, 1.82) is 0 Å². The van der Waals surface area contributed by atoms with Crippen molar-refractivity contribution in [2.45, 2.75) is 12.3 Å². The Bertz CT molecular complexity index is 281. The number of thioether (sulfide) groups is 1. The fourth-order valence-electron chi connectivity index (χ4n) is 1.17. The molecule has 0 bridgehead atoms. The summed E-state index contributed by atoms with van der Waals surface area (Å²) in [7, 11) is 0. The quantitative estimate of drug-likeness (QED) is 0.572. The molecular formula is C9H9NS. The summed E-state index contributed by atoms with van der Waals surface area (Å²) in [6.07, 6.45) is 0. The number of nitrogens with zero attached hydrogens (tertiary/aromatic N) is 1. The Hall–Kier alpha value is -0.760. The highest BCUT2D eigenvalue weighted by Gasteiger charge is 2.02. The van der Waals surface area contributed by atoms with Gasteiger partial charge in [0, 0.05) is 5.75 Å². The third kappa shape index (κ3) is 1.46. The molecule has 1 nitrogen and oxygen atoms in total. The molecule has 0 saturated heterocycles. The predicted octanol–water partition coefficient (Wildman–Crippen LogP) is 2.46. The van der Waals surface area contributed by atoms with Gasteiger partial charge in [-0.2, -0.15) is 0 Å². The summed E-state index contributed by atoms with van der Waals surface area (Å²) in [4.78, 5) is 4.25. The summed E-state index contributed by atoms with van der Waals surface area (Å²) in [5.74, 6) is 1.07. The normalized spacial score (nSPS) is 15.6. The Balaban J connectivity index is 2.40. The molecule has 2 rings (SSSR count). The van der Waals surface area contributed by atoms with Crippen molar-refractivity contribution in [1.82, 2.24) is 0 Å². The number of hydrogen-bond acceptors (Lipinski definition) is 2. The second-order valence-corrected chi connectivity index (χ2v) is 3.36. The van der Waals surface area contributed by atoms with Gasteiger partial charge in [-0.25, -0.2) is 0 Å². The van der Waals surface area contributed by atoms with Gasteiger partial charge in [0.15, 0.2) is 0 Å². The van der Waals surface area contributed by atoms with Gasteiger partial charge in [0.1, 0.15) is 0 Å². The second kappa shape index (κ2) is 3.09. The van der Waals surface area contributed by atoms with Crippen LogP contribution in [0.1, 0.15) is 11.1 Å². The third-order valence-electron chi connectivity index (χ3n) is 1.77. The number of fused-ring (bicyclic) bond motifs is 1. The molecule has 1 aliphatic heterocycles. The zero-order valence-electron chi connectivity index (χ0n) is 6.16. The van der Waals surface area contributed by atoms with Crippen molar-refractivity contribution in [2.24, 2.45) is 4.99 Å². The van der Waals surface area contributed by atoms with E-state index in [0.29, 0.717) is 0 Å². The van der Waals surface area contributed by atoms with E-state index in [0.717, 1.165) is 12.3 Å². The van der Waals surface area contributed by atoms with Crippen LogP contribution in [0.3, 0.4) is 0 Å². The molecule has 0 aromatic heterocycles. The Kier molecular flexibility index (Phi) is 1.95. The largest absolute Gasteiger partial charge is 0.282 e. The molecule has 0 fully saturated rings. The zero-order valence-corrected chi connectivity index (χ0v) is 6.97. The van der Waals surface area contributed by atoms with Gasteiger partial charge >= 0.3 is 0 Å². The van der Waals surface area contributed by atoms with E-state index in [1.54, 1.807) is 11.8 Å². The minimum Gasteiger partial charge on any atom is -0.282 e. The molecule has 0 radical (unpaired) electrons. The summed E-state index contributed by atoms with van der Waals surface area (Å²) in [6.45, 7) is 0.850. The van der Waals surface area contributed by atoms with E-state index in [1.165, 1.54) is 11.1 Å². The monoisotopic (exact) mass is 163 g/mol. The van der Waals surface area contributed by atoms with E-state index in [2.05, 4.69) is 29.3 Å². The molecule has 0 atom stereocenters. The molecule has 0 amide bonds. The summed E-state index contributed by atoms with van der Waals surface area (Å²) in [5, 5.41) is 0. The molecule has 1 aromatic rings. The van der Waals surface area contributed by atoms with Crippen molar-refractivity contribution in [2.75, 3.05) is 0 Å². The van der Waals surface area contributed by atoms with E-state index in [1.807, 2.05) is 5.55 Å². The van der Waals surface area contributed by atoms with Crippen LogP contribution in [0.5, 0.6) is 0 Å². The van der Waals surface area contributed by atoms with Crippen LogP contribution in [-0.4, -0.2) is 5.55 Å². The Morgan fingerprint density at radius 3 is 2.91 bits per heavy atom. The molecule has 11 heavy (non-hydrogen) atoms. The second-order valence-electron chi connectivity index (χ2n) is 2.53. The van der Waals surface area contributed by atoms with Crippen LogP contribution in [-0.2, 0) is 12.3 Å². The number of rotatable bonds is 0. The van der Waals surface area contributed by atoms with Crippen molar-refractivity contribution < 1.29 is 0 Å². The van der Waals surface area contributed by atoms with E-state index < -0.39 is 0 Å². The van der Waals surface area contributed by atoms with Gasteiger partial charge in [-0.1, -0.05) is 24.3 Å². The molecule has 0 aliphatic carbocycles. The highest BCUT2D eigenvalue weighted by Crippen LogP contribution is 2.18. The smallest absolute Gasteiger partial charge is 0.0648 e. The number of hydrogen-bond donors (Lipinski definition) is 0. The van der Waals surface area contributed by atoms with Crippen LogP contribution in [0.15, 0.2) is 29.3 Å². The van der Waals surface area contributed by atoms with E-state index in [4.69, 9.17) is 0 Å². The number of benzene rings is 1. The molecule has 2 heteroatoms. The molecular weight excluding hydrogens is 154 g/mol. The standard InChI is InChI=1S/C9H9NS/c1-2-4-9-6-11-7-10-5-8(9)3-1/h1-4,7H,5-6H2. The fourth-order valence-corrected chi connectivity index (χ4v) is 1.88. The molecule has 0 saturated carbocycles. The predicted molar refractivity (Wildman–Crippen MR) is 49.9 cm³/mol. The first-order valence-corrected chi connectivity index (χ1v) is 4.68. The molecule has 1 aliphatic rings. The zero-order chi connectivity index (χ0) is 7.52. The summed E-state index contributed by atoms with van der Waals surface area (Å²) < 4.78 is 0. The molecule has 1 aromatic carbocycles. The third-order valence-corrected chi connectivity index (χ3v) is 2.54. The van der Waals surface area contributed by atoms with Crippen LogP contribution in [0.4, 0.5) is 0 Å². The average molecular weight is 163 g/mol. The van der Waals surface area contributed by atoms with Gasteiger partial charge in [0.2, 0.25) is 0 Å². The Labute approximate surface area is 70.5 Å². The van der Waals surface area contributed by atoms with E-state index in [-0.39, 0.29) is 0 Å². The maximum atomic E-state index is 4.25. The van der Waals surface area contributed by atoms with Crippen LogP contribution in [0.2, 0.25) is 0 Å². The molecule has 0 N–H and O–H groups in total. The minimum absolute atomic E-state index is 0.850. The van der Waals surface area contributed by atoms with Gasteiger partial charge < -0.3 is 0 Å². The first-order chi connectivity index (χ1) is 5.47. The van der Waals surface area contributed by atoms with Crippen molar-refractivity contribution in [3.63, 3.8) is 0 Å². The van der Waals surface area contributed by atoms with Gasteiger partial charge in [-0.3, -0.25) is 4.99 Å².